The van der Waals surface area contributed by atoms with Crippen molar-refractivity contribution in [2.45, 2.75) is 27.2 Å². The van der Waals surface area contributed by atoms with Gasteiger partial charge in [0.1, 0.15) is 0 Å². The van der Waals surface area contributed by atoms with E-state index in [0.717, 1.165) is 17.8 Å². The third kappa shape index (κ3) is 2.39. The van der Waals surface area contributed by atoms with Gasteiger partial charge in [-0.3, -0.25) is 0 Å². The van der Waals surface area contributed by atoms with Gasteiger partial charge in [0.05, 0.1) is 11.4 Å². The summed E-state index contributed by atoms with van der Waals surface area (Å²) in [6.45, 7) is 6.90. The Balaban J connectivity index is 2.45. The predicted octanol–water partition coefficient (Wildman–Crippen LogP) is 2.30. The molecular formula is C14H19N3. The van der Waals surface area contributed by atoms with Crippen LogP contribution in [-0.4, -0.2) is 16.3 Å². The first-order valence-corrected chi connectivity index (χ1v) is 5.94. The van der Waals surface area contributed by atoms with Gasteiger partial charge in [-0.1, -0.05) is 12.1 Å². The van der Waals surface area contributed by atoms with E-state index in [1.807, 2.05) is 11.6 Å². The number of rotatable bonds is 3. The summed E-state index contributed by atoms with van der Waals surface area (Å²) in [5, 5.41) is 4.56. The first-order chi connectivity index (χ1) is 8.11. The lowest BCUT2D eigenvalue weighted by Crippen LogP contribution is -2.02. The van der Waals surface area contributed by atoms with Crippen molar-refractivity contribution in [1.29, 1.82) is 0 Å². The quantitative estimate of drug-likeness (QED) is 0.877. The van der Waals surface area contributed by atoms with E-state index >= 15 is 0 Å². The number of hydrogen-bond acceptors (Lipinski definition) is 2. The minimum absolute atomic E-state index is 0.666. The van der Waals surface area contributed by atoms with Crippen LogP contribution in [0.15, 0.2) is 24.4 Å². The Morgan fingerprint density at radius 1 is 1.24 bits per heavy atom. The first kappa shape index (κ1) is 11.9. The molecule has 2 rings (SSSR count). The second kappa shape index (κ2) is 4.72. The summed E-state index contributed by atoms with van der Waals surface area (Å²) in [5.74, 6) is 0. The number of nitrogens with zero attached hydrogens (tertiary/aromatic N) is 2. The van der Waals surface area contributed by atoms with Crippen molar-refractivity contribution in [1.82, 2.24) is 9.78 Å². The monoisotopic (exact) mass is 229 g/mol. The second-order valence-electron chi connectivity index (χ2n) is 4.51. The Morgan fingerprint density at radius 2 is 2.00 bits per heavy atom. The molecule has 0 atom stereocenters. The van der Waals surface area contributed by atoms with E-state index in [-0.39, 0.29) is 0 Å². The third-order valence-corrected chi connectivity index (χ3v) is 3.03. The van der Waals surface area contributed by atoms with Crippen molar-refractivity contribution >= 4 is 0 Å². The highest BCUT2D eigenvalue weighted by Gasteiger charge is 2.07. The molecule has 3 heteroatoms. The summed E-state index contributed by atoms with van der Waals surface area (Å²) in [6, 6.07) is 6.41. The maximum Gasteiger partial charge on any atom is 0.0677 e. The zero-order chi connectivity index (χ0) is 12.4. The molecule has 0 spiro atoms. The summed E-state index contributed by atoms with van der Waals surface area (Å²) >= 11 is 0. The van der Waals surface area contributed by atoms with Crippen LogP contribution in [0.1, 0.15) is 22.4 Å². The summed E-state index contributed by atoms with van der Waals surface area (Å²) in [6.07, 6.45) is 2.97. The van der Waals surface area contributed by atoms with Gasteiger partial charge in [-0.15, -0.1) is 0 Å². The molecule has 0 aliphatic heterocycles. The van der Waals surface area contributed by atoms with Gasteiger partial charge in [0.15, 0.2) is 0 Å². The van der Waals surface area contributed by atoms with Gasteiger partial charge in [0.2, 0.25) is 0 Å². The molecule has 1 aromatic heterocycles. The summed E-state index contributed by atoms with van der Waals surface area (Å²) in [7, 11) is 0. The van der Waals surface area contributed by atoms with Gasteiger partial charge in [-0.05, 0) is 56.5 Å². The molecule has 0 fully saturated rings. The van der Waals surface area contributed by atoms with E-state index in [9.17, 15) is 0 Å². The minimum Gasteiger partial charge on any atom is -0.330 e. The Morgan fingerprint density at radius 3 is 2.71 bits per heavy atom. The van der Waals surface area contributed by atoms with Crippen molar-refractivity contribution in [2.75, 3.05) is 6.54 Å². The zero-order valence-electron chi connectivity index (χ0n) is 10.7. The van der Waals surface area contributed by atoms with E-state index in [0.29, 0.717) is 6.54 Å². The Labute approximate surface area is 102 Å². The fraction of sp³-hybridized carbons (Fsp3) is 0.357. The van der Waals surface area contributed by atoms with Crippen molar-refractivity contribution in [3.8, 4) is 5.69 Å². The van der Waals surface area contributed by atoms with E-state index in [4.69, 9.17) is 5.73 Å². The molecule has 0 saturated carbocycles. The molecule has 0 amide bonds. The maximum absolute atomic E-state index is 5.59. The lowest BCUT2D eigenvalue weighted by molar-refractivity contribution is 0.854. The first-order valence-electron chi connectivity index (χ1n) is 5.94. The average molecular weight is 229 g/mol. The highest BCUT2D eigenvalue weighted by molar-refractivity contribution is 5.43. The number of aromatic nitrogens is 2. The molecular weight excluding hydrogens is 210 g/mol. The third-order valence-electron chi connectivity index (χ3n) is 3.03. The molecule has 1 heterocycles. The van der Waals surface area contributed by atoms with Gasteiger partial charge < -0.3 is 5.73 Å². The molecule has 3 nitrogen and oxygen atoms in total. The molecule has 17 heavy (non-hydrogen) atoms. The molecule has 1 aromatic carbocycles. The van der Waals surface area contributed by atoms with E-state index in [1.54, 1.807) is 0 Å². The van der Waals surface area contributed by atoms with Gasteiger partial charge in [-0.2, -0.15) is 5.10 Å². The highest BCUT2D eigenvalue weighted by atomic mass is 15.3. The minimum atomic E-state index is 0.666. The Hall–Kier alpha value is -1.61. The SMILES string of the molecule is Cc1ccc(C)c(-n2cc(CCN)c(C)n2)c1. The molecule has 2 aromatic rings. The predicted molar refractivity (Wildman–Crippen MR) is 70.5 cm³/mol. The van der Waals surface area contributed by atoms with Crippen LogP contribution in [0.5, 0.6) is 0 Å². The Kier molecular flexibility index (Phi) is 3.29. The molecule has 0 saturated heterocycles. The Bertz CT molecular complexity index is 526. The van der Waals surface area contributed by atoms with Crippen LogP contribution in [-0.2, 0) is 6.42 Å². The second-order valence-corrected chi connectivity index (χ2v) is 4.51. The van der Waals surface area contributed by atoms with E-state index < -0.39 is 0 Å². The standard InChI is InChI=1S/C14H19N3/c1-10-4-5-11(2)14(8-10)17-9-13(6-7-15)12(3)16-17/h4-5,8-9H,6-7,15H2,1-3H3. The van der Waals surface area contributed by atoms with Gasteiger partial charge in [0.25, 0.3) is 0 Å². The van der Waals surface area contributed by atoms with Crippen molar-refractivity contribution in [3.05, 3.63) is 46.8 Å². The molecule has 0 radical (unpaired) electrons. The molecule has 0 bridgehead atoms. The van der Waals surface area contributed by atoms with Crippen molar-refractivity contribution < 1.29 is 0 Å². The van der Waals surface area contributed by atoms with Gasteiger partial charge in [-0.25, -0.2) is 4.68 Å². The molecule has 0 unspecified atom stereocenters. The van der Waals surface area contributed by atoms with Crippen LogP contribution in [0.2, 0.25) is 0 Å². The number of aryl methyl sites for hydroxylation is 3. The normalized spacial score (nSPS) is 10.8. The van der Waals surface area contributed by atoms with Crippen molar-refractivity contribution in [2.24, 2.45) is 5.73 Å². The van der Waals surface area contributed by atoms with Crippen LogP contribution in [0.25, 0.3) is 5.69 Å². The van der Waals surface area contributed by atoms with Crippen LogP contribution in [0, 0.1) is 20.8 Å². The number of benzene rings is 1. The molecule has 0 aliphatic carbocycles. The topological polar surface area (TPSA) is 43.8 Å². The van der Waals surface area contributed by atoms with E-state index in [2.05, 4.69) is 43.3 Å². The molecule has 90 valence electrons. The average Bonchev–Trinajstić information content (AvgIpc) is 2.64. The molecule has 2 N–H and O–H groups in total. The largest absolute Gasteiger partial charge is 0.330 e. The fourth-order valence-electron chi connectivity index (χ4n) is 1.99. The number of hydrogen-bond donors (Lipinski definition) is 1. The van der Waals surface area contributed by atoms with E-state index in [1.165, 1.54) is 16.7 Å². The number of nitrogens with two attached hydrogens (primary N) is 1. The fourth-order valence-corrected chi connectivity index (χ4v) is 1.99. The van der Waals surface area contributed by atoms with Gasteiger partial charge >= 0.3 is 0 Å². The summed E-state index contributed by atoms with van der Waals surface area (Å²) in [4.78, 5) is 0. The zero-order valence-corrected chi connectivity index (χ0v) is 10.7. The highest BCUT2D eigenvalue weighted by Crippen LogP contribution is 2.17. The summed E-state index contributed by atoms with van der Waals surface area (Å²) in [5.41, 5.74) is 11.5. The van der Waals surface area contributed by atoms with Crippen molar-refractivity contribution in [3.63, 3.8) is 0 Å². The van der Waals surface area contributed by atoms with Crippen LogP contribution < -0.4 is 5.73 Å². The van der Waals surface area contributed by atoms with Crippen LogP contribution in [0.3, 0.4) is 0 Å². The van der Waals surface area contributed by atoms with Gasteiger partial charge in [0, 0.05) is 6.20 Å². The lowest BCUT2D eigenvalue weighted by Gasteiger charge is -2.06. The molecule has 0 aliphatic rings. The van der Waals surface area contributed by atoms with Crippen LogP contribution in [0.4, 0.5) is 0 Å². The summed E-state index contributed by atoms with van der Waals surface area (Å²) < 4.78 is 1.96. The lowest BCUT2D eigenvalue weighted by atomic mass is 10.1. The van der Waals surface area contributed by atoms with Crippen LogP contribution >= 0.6 is 0 Å². The maximum atomic E-state index is 5.59. The smallest absolute Gasteiger partial charge is 0.0677 e.